The normalized spacial score (nSPS) is 29.2. The Morgan fingerprint density at radius 1 is 1.44 bits per heavy atom. The molecule has 0 aliphatic carbocycles. The minimum atomic E-state index is 0.164. The summed E-state index contributed by atoms with van der Waals surface area (Å²) in [5.74, 6) is 1.63. The number of rotatable bonds is 3. The summed E-state index contributed by atoms with van der Waals surface area (Å²) in [6.45, 7) is 8.10. The first-order chi connectivity index (χ1) is 7.65. The third kappa shape index (κ3) is 3.22. The van der Waals surface area contributed by atoms with Crippen molar-refractivity contribution < 1.29 is 0 Å². The monoisotopic (exact) mass is 257 g/mol. The van der Waals surface area contributed by atoms with Gasteiger partial charge in [0.1, 0.15) is 0 Å². The Morgan fingerprint density at radius 3 is 2.69 bits per heavy atom. The summed E-state index contributed by atoms with van der Waals surface area (Å²) in [7, 11) is 0. The van der Waals surface area contributed by atoms with Crippen molar-refractivity contribution in [2.75, 3.05) is 19.6 Å². The van der Waals surface area contributed by atoms with E-state index in [4.69, 9.17) is 11.6 Å². The van der Waals surface area contributed by atoms with Crippen LogP contribution in [0.5, 0.6) is 0 Å². The SMILES string of the molecule is CC1CC(C)CN(CC(Cl)c2cccs2)C1. The number of piperidine rings is 1. The molecule has 3 heteroatoms. The summed E-state index contributed by atoms with van der Waals surface area (Å²) < 4.78 is 0. The fraction of sp³-hybridized carbons (Fsp3) is 0.692. The van der Waals surface area contributed by atoms with E-state index in [1.807, 2.05) is 0 Å². The zero-order valence-corrected chi connectivity index (χ0v) is 11.6. The molecule has 3 atom stereocenters. The largest absolute Gasteiger partial charge is 0.301 e. The molecule has 1 aromatic heterocycles. The molecule has 1 aromatic rings. The summed E-state index contributed by atoms with van der Waals surface area (Å²) in [5, 5.41) is 2.27. The zero-order valence-electron chi connectivity index (χ0n) is 10.0. The van der Waals surface area contributed by atoms with Gasteiger partial charge in [-0.1, -0.05) is 19.9 Å². The molecule has 1 nitrogen and oxygen atoms in total. The Morgan fingerprint density at radius 2 is 2.12 bits per heavy atom. The minimum absolute atomic E-state index is 0.164. The predicted molar refractivity (Wildman–Crippen MR) is 72.3 cm³/mol. The topological polar surface area (TPSA) is 3.24 Å². The molecule has 1 fully saturated rings. The third-order valence-corrected chi connectivity index (χ3v) is 4.70. The number of halogens is 1. The van der Waals surface area contributed by atoms with Gasteiger partial charge in [-0.25, -0.2) is 0 Å². The summed E-state index contributed by atoms with van der Waals surface area (Å²) in [5.41, 5.74) is 0. The van der Waals surface area contributed by atoms with E-state index in [9.17, 15) is 0 Å². The molecule has 0 saturated carbocycles. The molecule has 2 heterocycles. The lowest BCUT2D eigenvalue weighted by Gasteiger charge is -2.35. The summed E-state index contributed by atoms with van der Waals surface area (Å²) in [4.78, 5) is 3.82. The first-order valence-corrected chi connectivity index (χ1v) is 7.36. The average Bonchev–Trinajstić information content (AvgIpc) is 2.68. The van der Waals surface area contributed by atoms with Gasteiger partial charge in [0, 0.05) is 24.5 Å². The van der Waals surface area contributed by atoms with E-state index < -0.39 is 0 Å². The van der Waals surface area contributed by atoms with Gasteiger partial charge >= 0.3 is 0 Å². The Labute approximate surface area is 107 Å². The second-order valence-corrected chi connectivity index (χ2v) is 6.65. The Hall–Kier alpha value is -0.0500. The second kappa shape index (κ2) is 5.52. The van der Waals surface area contributed by atoms with Crippen LogP contribution in [-0.2, 0) is 0 Å². The van der Waals surface area contributed by atoms with Crippen LogP contribution in [0.4, 0.5) is 0 Å². The maximum absolute atomic E-state index is 6.45. The smallest absolute Gasteiger partial charge is 0.0805 e. The molecule has 1 aliphatic heterocycles. The van der Waals surface area contributed by atoms with E-state index in [1.54, 1.807) is 11.3 Å². The van der Waals surface area contributed by atoms with Gasteiger partial charge < -0.3 is 4.90 Å². The van der Waals surface area contributed by atoms with Crippen LogP contribution in [0.15, 0.2) is 17.5 Å². The Balaban J connectivity index is 1.89. The first kappa shape index (κ1) is 12.4. The van der Waals surface area contributed by atoms with Crippen LogP contribution in [-0.4, -0.2) is 24.5 Å². The number of alkyl halides is 1. The van der Waals surface area contributed by atoms with Crippen molar-refractivity contribution >= 4 is 22.9 Å². The molecular weight excluding hydrogens is 238 g/mol. The van der Waals surface area contributed by atoms with Crippen molar-refractivity contribution in [3.63, 3.8) is 0 Å². The van der Waals surface area contributed by atoms with Gasteiger partial charge in [0.15, 0.2) is 0 Å². The predicted octanol–water partition coefficient (Wildman–Crippen LogP) is 4.01. The van der Waals surface area contributed by atoms with Crippen LogP contribution in [0.2, 0.25) is 0 Å². The van der Waals surface area contributed by atoms with Gasteiger partial charge in [-0.05, 0) is 29.7 Å². The minimum Gasteiger partial charge on any atom is -0.301 e. The van der Waals surface area contributed by atoms with Gasteiger partial charge in [-0.2, -0.15) is 0 Å². The Bertz CT molecular complexity index is 302. The molecule has 0 radical (unpaired) electrons. The molecule has 1 saturated heterocycles. The highest BCUT2D eigenvalue weighted by molar-refractivity contribution is 7.10. The Kier molecular flexibility index (Phi) is 4.28. The van der Waals surface area contributed by atoms with E-state index in [2.05, 4.69) is 36.3 Å². The molecule has 0 spiro atoms. The maximum Gasteiger partial charge on any atom is 0.0805 e. The van der Waals surface area contributed by atoms with E-state index >= 15 is 0 Å². The molecule has 0 amide bonds. The molecule has 1 aliphatic rings. The number of hydrogen-bond donors (Lipinski definition) is 0. The molecular formula is C13H20ClNS. The molecule has 0 bridgehead atoms. The van der Waals surface area contributed by atoms with E-state index in [0.29, 0.717) is 0 Å². The molecule has 0 N–H and O–H groups in total. The van der Waals surface area contributed by atoms with Gasteiger partial charge in [0.25, 0.3) is 0 Å². The quantitative estimate of drug-likeness (QED) is 0.740. The summed E-state index contributed by atoms with van der Waals surface area (Å²) in [6.07, 6.45) is 1.36. The summed E-state index contributed by atoms with van der Waals surface area (Å²) in [6, 6.07) is 4.22. The van der Waals surface area contributed by atoms with Gasteiger partial charge in [-0.15, -0.1) is 22.9 Å². The van der Waals surface area contributed by atoms with E-state index in [-0.39, 0.29) is 5.38 Å². The third-order valence-electron chi connectivity index (χ3n) is 3.21. The van der Waals surface area contributed by atoms with Crippen LogP contribution in [0.1, 0.15) is 30.5 Å². The van der Waals surface area contributed by atoms with Crippen molar-refractivity contribution in [1.82, 2.24) is 4.90 Å². The van der Waals surface area contributed by atoms with Crippen LogP contribution in [0.3, 0.4) is 0 Å². The number of likely N-dealkylation sites (tertiary alicyclic amines) is 1. The molecule has 90 valence electrons. The van der Waals surface area contributed by atoms with Crippen LogP contribution >= 0.6 is 22.9 Å². The molecule has 0 aromatic carbocycles. The first-order valence-electron chi connectivity index (χ1n) is 6.05. The average molecular weight is 258 g/mol. The maximum atomic E-state index is 6.45. The highest BCUT2D eigenvalue weighted by Crippen LogP contribution is 2.28. The van der Waals surface area contributed by atoms with Gasteiger partial charge in [-0.3, -0.25) is 0 Å². The lowest BCUT2D eigenvalue weighted by Crippen LogP contribution is -2.40. The fourth-order valence-corrected chi connectivity index (χ4v) is 3.84. The van der Waals surface area contributed by atoms with Crippen molar-refractivity contribution in [2.24, 2.45) is 11.8 Å². The number of hydrogen-bond acceptors (Lipinski definition) is 2. The van der Waals surface area contributed by atoms with Crippen LogP contribution in [0.25, 0.3) is 0 Å². The number of nitrogens with zero attached hydrogens (tertiary/aromatic N) is 1. The van der Waals surface area contributed by atoms with Gasteiger partial charge in [0.2, 0.25) is 0 Å². The highest BCUT2D eigenvalue weighted by atomic mass is 35.5. The van der Waals surface area contributed by atoms with E-state index in [1.165, 1.54) is 24.4 Å². The standard InChI is InChI=1S/C13H20ClNS/c1-10-6-11(2)8-15(7-10)9-12(14)13-4-3-5-16-13/h3-5,10-12H,6-9H2,1-2H3. The van der Waals surface area contributed by atoms with Crippen molar-refractivity contribution in [3.8, 4) is 0 Å². The fourth-order valence-electron chi connectivity index (χ4n) is 2.73. The second-order valence-electron chi connectivity index (χ2n) is 5.15. The molecule has 16 heavy (non-hydrogen) atoms. The number of thiophene rings is 1. The van der Waals surface area contributed by atoms with E-state index in [0.717, 1.165) is 18.4 Å². The van der Waals surface area contributed by atoms with Gasteiger partial charge in [0.05, 0.1) is 5.38 Å². The highest BCUT2D eigenvalue weighted by Gasteiger charge is 2.23. The molecule has 3 unspecified atom stereocenters. The van der Waals surface area contributed by atoms with Crippen LogP contribution in [0, 0.1) is 11.8 Å². The van der Waals surface area contributed by atoms with Crippen LogP contribution < -0.4 is 0 Å². The van der Waals surface area contributed by atoms with Crippen molar-refractivity contribution in [3.05, 3.63) is 22.4 Å². The summed E-state index contributed by atoms with van der Waals surface area (Å²) >= 11 is 8.21. The van der Waals surface area contributed by atoms with Crippen molar-refractivity contribution in [1.29, 1.82) is 0 Å². The lowest BCUT2D eigenvalue weighted by molar-refractivity contribution is 0.141. The van der Waals surface area contributed by atoms with Crippen molar-refractivity contribution in [2.45, 2.75) is 25.6 Å². The lowest BCUT2D eigenvalue weighted by atomic mass is 9.92. The molecule has 2 rings (SSSR count). The zero-order chi connectivity index (χ0) is 11.5.